The lowest BCUT2D eigenvalue weighted by atomic mass is 9.91. The number of nitrogens with zero attached hydrogens (tertiary/aromatic N) is 3. The summed E-state index contributed by atoms with van der Waals surface area (Å²) >= 11 is 1.41. The molecule has 1 aromatic heterocycles. The van der Waals surface area contributed by atoms with Gasteiger partial charge in [-0.2, -0.15) is 17.6 Å². The Labute approximate surface area is 208 Å². The molecule has 0 radical (unpaired) electrons. The van der Waals surface area contributed by atoms with E-state index in [-0.39, 0.29) is 12.1 Å². The van der Waals surface area contributed by atoms with Crippen molar-refractivity contribution in [3.05, 3.63) is 35.4 Å². The molecule has 0 bridgehead atoms. The number of halogens is 5. The summed E-state index contributed by atoms with van der Waals surface area (Å²) in [5, 5.41) is 6.56. The van der Waals surface area contributed by atoms with E-state index in [4.69, 9.17) is 0 Å². The Hall–Kier alpha value is -3.16. The molecule has 1 aliphatic carbocycles. The van der Waals surface area contributed by atoms with Crippen LogP contribution in [0.1, 0.15) is 36.0 Å². The number of esters is 1. The average Bonchev–Trinajstić information content (AvgIpc) is 2.82. The monoisotopic (exact) mass is 533 g/mol. The zero-order chi connectivity index (χ0) is 26.6. The van der Waals surface area contributed by atoms with Gasteiger partial charge in [-0.05, 0) is 44.1 Å². The van der Waals surface area contributed by atoms with Crippen molar-refractivity contribution in [3.8, 4) is 5.75 Å². The summed E-state index contributed by atoms with van der Waals surface area (Å²) in [5.74, 6) is -7.18. The van der Waals surface area contributed by atoms with Crippen molar-refractivity contribution in [1.82, 2.24) is 15.3 Å². The van der Waals surface area contributed by atoms with Crippen LogP contribution in [0, 0.1) is 11.6 Å². The minimum absolute atomic E-state index is 0.0457. The molecule has 14 heteroatoms. The van der Waals surface area contributed by atoms with Crippen LogP contribution in [0.15, 0.2) is 23.4 Å². The van der Waals surface area contributed by atoms with Crippen LogP contribution in [-0.4, -0.2) is 60.5 Å². The molecule has 1 heterocycles. The number of rotatable bonds is 7. The molecule has 196 valence electrons. The largest absolute Gasteiger partial charge is 0.491 e. The van der Waals surface area contributed by atoms with E-state index in [2.05, 4.69) is 25.3 Å². The lowest BCUT2D eigenvalue weighted by molar-refractivity contribution is -0.189. The van der Waals surface area contributed by atoms with E-state index in [1.165, 1.54) is 11.8 Å². The van der Waals surface area contributed by atoms with E-state index in [0.29, 0.717) is 42.7 Å². The van der Waals surface area contributed by atoms with Crippen LogP contribution in [0.2, 0.25) is 0 Å². The number of hydrogen-bond acceptors (Lipinski definition) is 8. The maximum Gasteiger partial charge on any atom is 0.491 e. The van der Waals surface area contributed by atoms with Crippen LogP contribution in [0.3, 0.4) is 0 Å². The molecular formula is C22H24F5N5O3S. The summed E-state index contributed by atoms with van der Waals surface area (Å²) in [4.78, 5) is 34.6. The number of amides is 1. The zero-order valence-electron chi connectivity index (χ0n) is 19.6. The molecule has 1 aromatic carbocycles. The normalized spacial score (nSPS) is 17.9. The fraction of sp³-hybridized carbons (Fsp3) is 0.455. The summed E-state index contributed by atoms with van der Waals surface area (Å²) < 4.78 is 69.4. The van der Waals surface area contributed by atoms with E-state index in [0.717, 1.165) is 11.9 Å². The van der Waals surface area contributed by atoms with Gasteiger partial charge in [0.2, 0.25) is 5.82 Å². The highest BCUT2D eigenvalue weighted by atomic mass is 32.2. The zero-order valence-corrected chi connectivity index (χ0v) is 20.4. The predicted molar refractivity (Wildman–Crippen MR) is 123 cm³/mol. The van der Waals surface area contributed by atoms with Gasteiger partial charge in [0.05, 0.1) is 5.56 Å². The van der Waals surface area contributed by atoms with Gasteiger partial charge < -0.3 is 20.3 Å². The Balaban J connectivity index is 1.64. The summed E-state index contributed by atoms with van der Waals surface area (Å²) in [6.07, 6.45) is -1.30. The van der Waals surface area contributed by atoms with E-state index >= 15 is 0 Å². The van der Waals surface area contributed by atoms with Crippen molar-refractivity contribution in [1.29, 1.82) is 0 Å². The highest BCUT2D eigenvalue weighted by molar-refractivity contribution is 7.98. The van der Waals surface area contributed by atoms with E-state index in [1.807, 2.05) is 31.3 Å². The molecule has 0 saturated heterocycles. The molecule has 0 spiro atoms. The number of anilines is 2. The van der Waals surface area contributed by atoms with E-state index in [9.17, 15) is 31.5 Å². The third-order valence-electron chi connectivity index (χ3n) is 5.47. The standard InChI is InChI=1S/C22H24F5N5O3S/c1-32(2)16-10-15(30-21(31-16)36-3)28-11-4-6-12(7-5-11)29-19(33)13-8-9-14(23)17(24)18(13)35-20(34)22(25,26)27/h8-12H,4-7H2,1-3H3,(H,29,33)(H,28,30,31). The fourth-order valence-electron chi connectivity index (χ4n) is 3.62. The molecule has 0 aliphatic heterocycles. The number of nitrogens with one attached hydrogen (secondary N) is 2. The first-order valence-corrected chi connectivity index (χ1v) is 12.1. The van der Waals surface area contributed by atoms with Gasteiger partial charge in [-0.15, -0.1) is 0 Å². The molecule has 0 atom stereocenters. The van der Waals surface area contributed by atoms with Crippen molar-refractivity contribution >= 4 is 35.3 Å². The second-order valence-electron chi connectivity index (χ2n) is 8.28. The minimum atomic E-state index is -5.45. The third-order valence-corrected chi connectivity index (χ3v) is 6.02. The van der Waals surface area contributed by atoms with Crippen LogP contribution in [0.5, 0.6) is 5.75 Å². The Morgan fingerprint density at radius 2 is 1.72 bits per heavy atom. The molecular weight excluding hydrogens is 509 g/mol. The summed E-state index contributed by atoms with van der Waals surface area (Å²) in [6, 6.07) is 2.83. The second kappa shape index (κ2) is 11.3. The number of carbonyl (C=O) groups is 2. The lowest BCUT2D eigenvalue weighted by Crippen LogP contribution is -2.40. The van der Waals surface area contributed by atoms with Gasteiger partial charge >= 0.3 is 12.1 Å². The van der Waals surface area contributed by atoms with Crippen LogP contribution in [0.25, 0.3) is 0 Å². The Morgan fingerprint density at radius 1 is 1.08 bits per heavy atom. The van der Waals surface area contributed by atoms with E-state index < -0.39 is 41.0 Å². The van der Waals surface area contributed by atoms with Crippen LogP contribution < -0.4 is 20.3 Å². The van der Waals surface area contributed by atoms with Gasteiger partial charge in [-0.25, -0.2) is 19.2 Å². The Bertz CT molecular complexity index is 1120. The number of alkyl halides is 3. The average molecular weight is 534 g/mol. The molecule has 8 nitrogen and oxygen atoms in total. The number of aromatic nitrogens is 2. The first-order valence-electron chi connectivity index (χ1n) is 10.8. The minimum Gasteiger partial charge on any atom is -0.416 e. The molecule has 1 saturated carbocycles. The number of carbonyl (C=O) groups excluding carboxylic acids is 2. The van der Waals surface area contributed by atoms with Crippen LogP contribution >= 0.6 is 11.8 Å². The quantitative estimate of drug-likeness (QED) is 0.180. The Kier molecular flexibility index (Phi) is 8.59. The van der Waals surface area contributed by atoms with Crippen LogP contribution in [-0.2, 0) is 4.79 Å². The first kappa shape index (κ1) is 27.4. The molecule has 0 unspecified atom stereocenters. The molecule has 36 heavy (non-hydrogen) atoms. The van der Waals surface area contributed by atoms with Gasteiger partial charge in [0.25, 0.3) is 5.91 Å². The first-order chi connectivity index (χ1) is 16.9. The van der Waals surface area contributed by atoms with Crippen molar-refractivity contribution in [2.75, 3.05) is 30.6 Å². The van der Waals surface area contributed by atoms with E-state index in [1.54, 1.807) is 0 Å². The van der Waals surface area contributed by atoms with Crippen molar-refractivity contribution in [2.24, 2.45) is 0 Å². The maximum absolute atomic E-state index is 14.1. The smallest absolute Gasteiger partial charge is 0.416 e. The van der Waals surface area contributed by atoms with Gasteiger partial charge in [-0.3, -0.25) is 4.79 Å². The lowest BCUT2D eigenvalue weighted by Gasteiger charge is -2.30. The van der Waals surface area contributed by atoms with Crippen molar-refractivity contribution in [2.45, 2.75) is 49.1 Å². The SMILES string of the molecule is CSc1nc(NC2CCC(NC(=O)c3ccc(F)c(F)c3OC(=O)C(F)(F)F)CC2)cc(N(C)C)n1. The maximum atomic E-state index is 14.1. The summed E-state index contributed by atoms with van der Waals surface area (Å²) in [7, 11) is 3.74. The predicted octanol–water partition coefficient (Wildman–Crippen LogP) is 4.16. The van der Waals surface area contributed by atoms with Gasteiger partial charge in [0, 0.05) is 32.2 Å². The topological polar surface area (TPSA) is 96.4 Å². The number of hydrogen-bond donors (Lipinski definition) is 2. The third kappa shape index (κ3) is 6.74. The summed E-state index contributed by atoms with van der Waals surface area (Å²) in [5.41, 5.74) is -0.714. The highest BCUT2D eigenvalue weighted by Gasteiger charge is 2.42. The van der Waals surface area contributed by atoms with Gasteiger partial charge in [0.1, 0.15) is 11.6 Å². The molecule has 2 N–H and O–H groups in total. The van der Waals surface area contributed by atoms with Gasteiger partial charge in [-0.1, -0.05) is 11.8 Å². The van der Waals surface area contributed by atoms with Crippen molar-refractivity contribution < 1.29 is 36.3 Å². The Morgan fingerprint density at radius 3 is 2.31 bits per heavy atom. The molecule has 1 fully saturated rings. The second-order valence-corrected chi connectivity index (χ2v) is 9.06. The molecule has 2 aromatic rings. The summed E-state index contributed by atoms with van der Waals surface area (Å²) in [6.45, 7) is 0. The molecule has 1 amide bonds. The van der Waals surface area contributed by atoms with Crippen LogP contribution in [0.4, 0.5) is 33.6 Å². The molecule has 3 rings (SSSR count). The number of ether oxygens (including phenoxy) is 1. The van der Waals surface area contributed by atoms with Gasteiger partial charge in [0.15, 0.2) is 16.7 Å². The van der Waals surface area contributed by atoms with Crippen molar-refractivity contribution in [3.63, 3.8) is 0 Å². The number of benzene rings is 1. The molecule has 1 aliphatic rings. The highest BCUT2D eigenvalue weighted by Crippen LogP contribution is 2.29. The fourth-order valence-corrected chi connectivity index (χ4v) is 4.00. The number of thioether (sulfide) groups is 1.